The Hall–Kier alpha value is -4.71. The van der Waals surface area contributed by atoms with Crippen LogP contribution in [-0.2, 0) is 28.6 Å². The van der Waals surface area contributed by atoms with Crippen molar-refractivity contribution in [3.05, 3.63) is 146 Å². The Balaban J connectivity index is 4.23. The van der Waals surface area contributed by atoms with Crippen molar-refractivity contribution in [2.75, 3.05) is 13.2 Å². The van der Waals surface area contributed by atoms with E-state index in [0.29, 0.717) is 19.3 Å². The quantitative estimate of drug-likeness (QED) is 0.0261. The molecule has 416 valence electrons. The lowest BCUT2D eigenvalue weighted by Crippen LogP contribution is -2.30. The normalized spacial score (nSPS) is 13.2. The van der Waals surface area contributed by atoms with Crippen LogP contribution >= 0.6 is 0 Å². The van der Waals surface area contributed by atoms with Crippen LogP contribution in [-0.4, -0.2) is 37.2 Å². The van der Waals surface area contributed by atoms with Gasteiger partial charge in [-0.3, -0.25) is 14.4 Å². The van der Waals surface area contributed by atoms with Gasteiger partial charge in [0, 0.05) is 19.3 Å². The summed E-state index contributed by atoms with van der Waals surface area (Å²) >= 11 is 0. The second-order valence-corrected chi connectivity index (χ2v) is 19.2. The lowest BCUT2D eigenvalue weighted by atomic mass is 10.1. The maximum atomic E-state index is 12.8. The lowest BCUT2D eigenvalue weighted by molar-refractivity contribution is -0.167. The smallest absolute Gasteiger partial charge is 0.306 e. The minimum absolute atomic E-state index is 0.0980. The van der Waals surface area contributed by atoms with Gasteiger partial charge in [0.1, 0.15) is 13.2 Å². The average molecular weight is 1020 g/mol. The monoisotopic (exact) mass is 1020 g/mol. The van der Waals surface area contributed by atoms with Gasteiger partial charge in [-0.1, -0.05) is 237 Å². The zero-order valence-electron chi connectivity index (χ0n) is 47.5. The molecule has 0 heterocycles. The summed E-state index contributed by atoms with van der Waals surface area (Å²) in [7, 11) is 0. The van der Waals surface area contributed by atoms with Gasteiger partial charge in [-0.2, -0.15) is 0 Å². The molecule has 0 aromatic rings. The molecule has 1 atom stereocenters. The van der Waals surface area contributed by atoms with Crippen LogP contribution in [0.1, 0.15) is 245 Å². The zero-order chi connectivity index (χ0) is 53.6. The Morgan fingerprint density at radius 2 is 0.554 bits per heavy atom. The van der Waals surface area contributed by atoms with Crippen LogP contribution in [0.2, 0.25) is 0 Å². The Kier molecular flexibility index (Phi) is 57.0. The molecular weight excluding hydrogens is 913 g/mol. The molecule has 74 heavy (non-hydrogen) atoms. The molecule has 0 fully saturated rings. The van der Waals surface area contributed by atoms with Crippen molar-refractivity contribution in [2.24, 2.45) is 0 Å². The highest BCUT2D eigenvalue weighted by molar-refractivity contribution is 5.71. The average Bonchev–Trinajstić information content (AvgIpc) is 3.40. The van der Waals surface area contributed by atoms with Crippen molar-refractivity contribution in [2.45, 2.75) is 252 Å². The number of carbonyl (C=O) groups excluding carboxylic acids is 3. The molecule has 0 rings (SSSR count). The van der Waals surface area contributed by atoms with E-state index >= 15 is 0 Å². The van der Waals surface area contributed by atoms with Crippen molar-refractivity contribution >= 4 is 17.9 Å². The highest BCUT2D eigenvalue weighted by Gasteiger charge is 2.19. The standard InChI is InChI=1S/C68H108O6/c1-4-7-10-13-16-19-22-23-24-25-26-27-28-29-30-31-32-33-34-35-36-37-38-39-40-41-42-43-44-45-47-49-52-55-58-61-67(70)73-64-65(63-72-66(69)60-57-54-51-48-21-18-15-12-9-6-3)74-68(71)62-59-56-53-50-46-20-17-14-11-8-5-2/h7,10,12,14-17,19,23-24,26-27,29-30,32-33,35-36,38-39,41-42,44-45,65H,4-6,8-9,11,13,18,20-22,25,28,31,34,37,40,43,46-64H2,1-3H3/b10-7-,15-12-,17-14-,19-16-,24-23-,27-26-,30-29-,33-32-,36-35-,39-38-,42-41-,45-44-. The second-order valence-electron chi connectivity index (χ2n) is 19.2. The molecule has 0 saturated carbocycles. The summed E-state index contributed by atoms with van der Waals surface area (Å²) in [6.45, 7) is 6.37. The predicted octanol–water partition coefficient (Wildman–Crippen LogP) is 20.4. The molecule has 0 radical (unpaired) electrons. The van der Waals surface area contributed by atoms with Gasteiger partial charge in [0.15, 0.2) is 6.10 Å². The summed E-state index contributed by atoms with van der Waals surface area (Å²) in [5.74, 6) is -0.952. The third-order valence-electron chi connectivity index (χ3n) is 12.0. The molecule has 0 aromatic heterocycles. The van der Waals surface area contributed by atoms with E-state index in [1.165, 1.54) is 38.5 Å². The number of carbonyl (C=O) groups is 3. The fourth-order valence-corrected chi connectivity index (χ4v) is 7.57. The molecule has 0 aliphatic heterocycles. The molecular formula is C68H108O6. The topological polar surface area (TPSA) is 78.9 Å². The minimum Gasteiger partial charge on any atom is -0.462 e. The van der Waals surface area contributed by atoms with Crippen LogP contribution in [0, 0.1) is 0 Å². The molecule has 0 bridgehead atoms. The third-order valence-corrected chi connectivity index (χ3v) is 12.0. The molecule has 0 aromatic carbocycles. The van der Waals surface area contributed by atoms with Gasteiger partial charge in [-0.05, 0) is 135 Å². The molecule has 6 heteroatoms. The van der Waals surface area contributed by atoms with Crippen molar-refractivity contribution in [1.82, 2.24) is 0 Å². The Morgan fingerprint density at radius 3 is 0.892 bits per heavy atom. The van der Waals surface area contributed by atoms with Gasteiger partial charge in [0.25, 0.3) is 0 Å². The molecule has 0 saturated heterocycles. The lowest BCUT2D eigenvalue weighted by Gasteiger charge is -2.18. The van der Waals surface area contributed by atoms with Crippen LogP contribution in [0.25, 0.3) is 0 Å². The Bertz CT molecular complexity index is 1640. The van der Waals surface area contributed by atoms with Crippen LogP contribution < -0.4 is 0 Å². The van der Waals surface area contributed by atoms with Gasteiger partial charge < -0.3 is 14.2 Å². The van der Waals surface area contributed by atoms with E-state index in [4.69, 9.17) is 14.2 Å². The highest BCUT2D eigenvalue weighted by atomic mass is 16.6. The SMILES string of the molecule is CC/C=C\C/C=C\C/C=C\C/C=C\C/C=C\C/C=C\C/C=C\C/C=C\C/C=C\C/C=C\CCCCCCC(=O)OCC(COC(=O)CCCCCCC/C=C\CCC)OC(=O)CCCCCCC/C=C\CCCC. The van der Waals surface area contributed by atoms with E-state index in [-0.39, 0.29) is 31.1 Å². The van der Waals surface area contributed by atoms with Crippen LogP contribution in [0.4, 0.5) is 0 Å². The summed E-state index contributed by atoms with van der Waals surface area (Å²) in [5, 5.41) is 0. The summed E-state index contributed by atoms with van der Waals surface area (Å²) in [4.78, 5) is 38.0. The van der Waals surface area contributed by atoms with Crippen LogP contribution in [0.3, 0.4) is 0 Å². The maximum absolute atomic E-state index is 12.8. The largest absolute Gasteiger partial charge is 0.462 e. The number of hydrogen-bond donors (Lipinski definition) is 0. The first kappa shape index (κ1) is 69.3. The Labute approximate surface area is 455 Å². The predicted molar refractivity (Wildman–Crippen MR) is 320 cm³/mol. The number of unbranched alkanes of at least 4 members (excludes halogenated alkanes) is 17. The molecule has 6 nitrogen and oxygen atoms in total. The molecule has 1 unspecified atom stereocenters. The second kappa shape index (κ2) is 60.8. The van der Waals surface area contributed by atoms with Gasteiger partial charge in [-0.25, -0.2) is 0 Å². The van der Waals surface area contributed by atoms with E-state index in [9.17, 15) is 14.4 Å². The minimum atomic E-state index is -0.799. The molecule has 0 aliphatic rings. The molecule has 0 spiro atoms. The van der Waals surface area contributed by atoms with Crippen LogP contribution in [0.15, 0.2) is 146 Å². The van der Waals surface area contributed by atoms with Crippen molar-refractivity contribution in [1.29, 1.82) is 0 Å². The van der Waals surface area contributed by atoms with E-state index in [2.05, 4.69) is 167 Å². The number of ether oxygens (including phenoxy) is 3. The Morgan fingerprint density at radius 1 is 0.284 bits per heavy atom. The van der Waals surface area contributed by atoms with Gasteiger partial charge in [-0.15, -0.1) is 0 Å². The van der Waals surface area contributed by atoms with E-state index in [1.807, 2.05) is 0 Å². The van der Waals surface area contributed by atoms with E-state index < -0.39 is 6.10 Å². The molecule has 0 amide bonds. The number of esters is 3. The summed E-state index contributed by atoms with van der Waals surface area (Å²) in [5.41, 5.74) is 0. The maximum Gasteiger partial charge on any atom is 0.306 e. The first-order valence-electron chi connectivity index (χ1n) is 29.8. The first-order chi connectivity index (χ1) is 36.5. The molecule has 0 aliphatic carbocycles. The van der Waals surface area contributed by atoms with E-state index in [0.717, 1.165) is 167 Å². The number of rotatable bonds is 52. The molecule has 0 N–H and O–H groups in total. The van der Waals surface area contributed by atoms with Crippen molar-refractivity contribution in [3.63, 3.8) is 0 Å². The van der Waals surface area contributed by atoms with Gasteiger partial charge in [0.2, 0.25) is 0 Å². The summed E-state index contributed by atoms with van der Waals surface area (Å²) in [6.07, 6.45) is 87.2. The van der Waals surface area contributed by atoms with Gasteiger partial charge in [0.05, 0.1) is 0 Å². The van der Waals surface area contributed by atoms with Gasteiger partial charge >= 0.3 is 17.9 Å². The number of allylic oxidation sites excluding steroid dienone is 24. The highest BCUT2D eigenvalue weighted by Crippen LogP contribution is 2.13. The van der Waals surface area contributed by atoms with Crippen molar-refractivity contribution in [3.8, 4) is 0 Å². The summed E-state index contributed by atoms with van der Waals surface area (Å²) < 4.78 is 16.7. The van der Waals surface area contributed by atoms with E-state index in [1.54, 1.807) is 0 Å². The third kappa shape index (κ3) is 58.2. The van der Waals surface area contributed by atoms with Crippen molar-refractivity contribution < 1.29 is 28.6 Å². The number of hydrogen-bond acceptors (Lipinski definition) is 6. The van der Waals surface area contributed by atoms with Crippen LogP contribution in [0.5, 0.6) is 0 Å². The fraction of sp³-hybridized carbons (Fsp3) is 0.603. The summed E-state index contributed by atoms with van der Waals surface area (Å²) in [6, 6.07) is 0. The fourth-order valence-electron chi connectivity index (χ4n) is 7.57. The first-order valence-corrected chi connectivity index (χ1v) is 29.8. The zero-order valence-corrected chi connectivity index (χ0v) is 47.5.